The number of nitrogens with one attached hydrogen (secondary N) is 2. The van der Waals surface area contributed by atoms with Crippen LogP contribution in [0.3, 0.4) is 0 Å². The van der Waals surface area contributed by atoms with Crippen LogP contribution in [0.25, 0.3) is 0 Å². The Morgan fingerprint density at radius 2 is 1.08 bits per heavy atom. The van der Waals surface area contributed by atoms with Gasteiger partial charge < -0.3 is 35.5 Å². The summed E-state index contributed by atoms with van der Waals surface area (Å²) >= 11 is 0. The molecule has 24 heavy (non-hydrogen) atoms. The molecule has 13 nitrogen and oxygen atoms in total. The van der Waals surface area contributed by atoms with Crippen molar-refractivity contribution < 1.29 is 48.5 Å². The molecule has 0 saturated carbocycles. The highest BCUT2D eigenvalue weighted by molar-refractivity contribution is 7.51. The maximum atomic E-state index is 10.1. The molecule has 15 heteroatoms. The van der Waals surface area contributed by atoms with Crippen LogP contribution in [0.4, 0.5) is 0 Å². The minimum atomic E-state index is -4.10. The number of hydrogen-bond acceptors (Lipinski definition) is 7. The third-order valence-electron chi connectivity index (χ3n) is 1.19. The lowest BCUT2D eigenvalue weighted by Crippen LogP contribution is -2.23. The maximum absolute atomic E-state index is 10.1. The number of hydrogen-bond donors (Lipinski definition) is 9. The Kier molecular flexibility index (Phi) is 16.8. The number of rotatable bonds is 8. The van der Waals surface area contributed by atoms with Gasteiger partial charge in [0.05, 0.1) is 25.7 Å². The predicted molar refractivity (Wildman–Crippen MR) is 84.4 cm³/mol. The fourth-order valence-electron chi connectivity index (χ4n) is 0.617. The van der Waals surface area contributed by atoms with Gasteiger partial charge in [0.15, 0.2) is 0 Å². The molecule has 0 unspecified atom stereocenters. The van der Waals surface area contributed by atoms with E-state index in [9.17, 15) is 18.7 Å². The van der Waals surface area contributed by atoms with Crippen LogP contribution in [0.5, 0.6) is 0 Å². The molecule has 0 rings (SSSR count). The van der Waals surface area contributed by atoms with E-state index < -0.39 is 52.8 Å². The summed E-state index contributed by atoms with van der Waals surface area (Å²) in [5.41, 5.74) is 5.11. The minimum Gasteiger partial charge on any atom is -0.480 e. The number of carbonyl (C=O) groups is 2. The van der Waals surface area contributed by atoms with Gasteiger partial charge >= 0.3 is 27.1 Å². The first-order valence-electron chi connectivity index (χ1n) is 6.26. The van der Waals surface area contributed by atoms with Crippen molar-refractivity contribution in [1.29, 1.82) is 0 Å². The molecular weight excluding hydrogens is 372 g/mol. The molecule has 0 spiro atoms. The highest BCUT2D eigenvalue weighted by Crippen LogP contribution is 2.32. The molecule has 0 heterocycles. The van der Waals surface area contributed by atoms with Crippen molar-refractivity contribution in [2.75, 3.05) is 25.7 Å². The highest BCUT2D eigenvalue weighted by atomic mass is 31.2. The first kappa shape index (κ1) is 27.9. The number of carboxylic acid groups (broad SMARTS) is 2. The van der Waals surface area contributed by atoms with Crippen molar-refractivity contribution in [3.63, 3.8) is 0 Å². The Morgan fingerprint density at radius 1 is 0.875 bits per heavy atom. The summed E-state index contributed by atoms with van der Waals surface area (Å²) in [6.45, 7) is 3.01. The Bertz CT molecular complexity index is 406. The fraction of sp³-hybridized carbons (Fsp3) is 0.778. The van der Waals surface area contributed by atoms with E-state index in [4.69, 9.17) is 35.5 Å². The van der Waals surface area contributed by atoms with Gasteiger partial charge in [-0.1, -0.05) is 13.8 Å². The maximum Gasteiger partial charge on any atom is 0.339 e. The Hall–Kier alpha value is -0.880. The summed E-state index contributed by atoms with van der Waals surface area (Å²) in [4.78, 5) is 52.3. The Labute approximate surface area is 138 Å². The van der Waals surface area contributed by atoms with Crippen molar-refractivity contribution >= 4 is 27.1 Å². The van der Waals surface area contributed by atoms with Gasteiger partial charge in [-0.05, 0) is 6.04 Å². The molecule has 146 valence electrons. The average Bonchev–Trinajstić information content (AvgIpc) is 2.23. The van der Waals surface area contributed by atoms with Crippen molar-refractivity contribution in [2.45, 2.75) is 19.9 Å². The number of nitrogens with two attached hydrogens (primary N) is 1. The van der Waals surface area contributed by atoms with Crippen LogP contribution in [0.1, 0.15) is 13.8 Å². The number of carboxylic acids is 2. The summed E-state index contributed by atoms with van der Waals surface area (Å²) in [5, 5.41) is 20.1. The second kappa shape index (κ2) is 14.5. The largest absolute Gasteiger partial charge is 0.480 e. The molecule has 0 aliphatic heterocycles. The van der Waals surface area contributed by atoms with Crippen molar-refractivity contribution in [3.8, 4) is 0 Å². The molecule has 10 N–H and O–H groups in total. The third-order valence-corrected chi connectivity index (χ3v) is 2.46. The van der Waals surface area contributed by atoms with E-state index in [-0.39, 0.29) is 0 Å². The Balaban J connectivity index is -0.000000301. The van der Waals surface area contributed by atoms with Crippen LogP contribution < -0.4 is 16.4 Å². The summed E-state index contributed by atoms with van der Waals surface area (Å²) in [5.74, 6) is -2.29. The molecule has 0 amide bonds. The van der Waals surface area contributed by atoms with Crippen LogP contribution in [0.2, 0.25) is 0 Å². The first-order valence-corrected chi connectivity index (χ1v) is 9.86. The molecular formula is C9H25N3O10P2. The lowest BCUT2D eigenvalue weighted by molar-refractivity contribution is -0.136. The number of aliphatic carboxylic acids is 2. The Morgan fingerprint density at radius 3 is 1.21 bits per heavy atom. The molecule has 0 saturated heterocycles. The predicted octanol–water partition coefficient (Wildman–Crippen LogP) is -2.05. The van der Waals surface area contributed by atoms with E-state index in [0.717, 1.165) is 0 Å². The molecule has 0 aliphatic rings. The smallest absolute Gasteiger partial charge is 0.339 e. The fourth-order valence-corrected chi connectivity index (χ4v) is 1.42. The summed E-state index contributed by atoms with van der Waals surface area (Å²) in [7, 11) is -8.19. The molecule has 0 aromatic rings. The third kappa shape index (κ3) is 49.7. The van der Waals surface area contributed by atoms with Gasteiger partial charge in [-0.2, -0.15) is 0 Å². The van der Waals surface area contributed by atoms with Gasteiger partial charge in [0, 0.05) is 0 Å². The quantitative estimate of drug-likeness (QED) is 0.200. The summed E-state index contributed by atoms with van der Waals surface area (Å²) in [6, 6.07) is 0.333. The van der Waals surface area contributed by atoms with Gasteiger partial charge in [0.1, 0.15) is 0 Å². The normalized spacial score (nSPS) is 11.0. The van der Waals surface area contributed by atoms with Gasteiger partial charge in [-0.25, -0.2) is 0 Å². The van der Waals surface area contributed by atoms with Crippen molar-refractivity contribution in [2.24, 2.45) is 5.73 Å². The molecule has 0 radical (unpaired) electrons. The van der Waals surface area contributed by atoms with Crippen LogP contribution in [0, 0.1) is 0 Å². The average molecular weight is 397 g/mol. The van der Waals surface area contributed by atoms with Crippen molar-refractivity contribution in [3.05, 3.63) is 0 Å². The lowest BCUT2D eigenvalue weighted by atomic mass is 10.5. The highest BCUT2D eigenvalue weighted by Gasteiger charge is 2.12. The van der Waals surface area contributed by atoms with Gasteiger partial charge in [0.25, 0.3) is 0 Å². The topological polar surface area (TPSA) is 240 Å². The van der Waals surface area contributed by atoms with Crippen molar-refractivity contribution in [1.82, 2.24) is 10.6 Å². The van der Waals surface area contributed by atoms with E-state index in [1.807, 2.05) is 13.8 Å². The first-order chi connectivity index (χ1) is 10.6. The molecule has 0 aromatic carbocycles. The van der Waals surface area contributed by atoms with Gasteiger partial charge in [-0.3, -0.25) is 29.4 Å². The zero-order valence-corrected chi connectivity index (χ0v) is 15.0. The van der Waals surface area contributed by atoms with E-state index in [1.165, 1.54) is 0 Å². The van der Waals surface area contributed by atoms with Gasteiger partial charge in [0.2, 0.25) is 0 Å². The van der Waals surface area contributed by atoms with Crippen LogP contribution in [-0.2, 0) is 18.7 Å². The lowest BCUT2D eigenvalue weighted by Gasteiger charge is -2.02. The van der Waals surface area contributed by atoms with E-state index in [1.54, 1.807) is 0 Å². The second-order valence-electron chi connectivity index (χ2n) is 4.53. The van der Waals surface area contributed by atoms with E-state index in [0.29, 0.717) is 6.04 Å². The minimum absolute atomic E-state index is 0.333. The summed E-state index contributed by atoms with van der Waals surface area (Å²) in [6.07, 6.45) is -1.20. The van der Waals surface area contributed by atoms with Crippen LogP contribution in [0.15, 0.2) is 0 Å². The summed E-state index contributed by atoms with van der Waals surface area (Å²) < 4.78 is 20.1. The molecule has 0 bridgehead atoms. The monoisotopic (exact) mass is 397 g/mol. The molecule has 0 fully saturated rings. The van der Waals surface area contributed by atoms with Crippen LogP contribution >= 0.6 is 15.2 Å². The molecule has 0 aromatic heterocycles. The molecule has 0 aliphatic carbocycles. The standard InChI is InChI=1S/2C3H8NO5P.C3H9N/c2*5-3(6)1-4-2-10(7,8)9;1-3(2)4/h2*4H,1-2H2,(H,5,6)(H2,7,8,9);3H,4H2,1-2H3. The molecule has 0 atom stereocenters. The second-order valence-corrected chi connectivity index (χ2v) is 7.82. The zero-order valence-electron chi connectivity index (χ0n) is 13.2. The van der Waals surface area contributed by atoms with Gasteiger partial charge in [-0.15, -0.1) is 0 Å². The SMILES string of the molecule is CC(C)N.O=C(O)CNCP(=O)(O)O.O=C(O)CNCP(=O)(O)O. The van der Waals surface area contributed by atoms with E-state index >= 15 is 0 Å². The van der Waals surface area contributed by atoms with Crippen LogP contribution in [-0.4, -0.2) is 73.4 Å². The zero-order chi connectivity index (χ0) is 20.0. The van der Waals surface area contributed by atoms with E-state index in [2.05, 4.69) is 10.6 Å².